The highest BCUT2D eigenvalue weighted by Gasteiger charge is 2.53. The minimum Gasteiger partial charge on any atom is -0.481 e. The molecule has 98 valence electrons. The number of carboxylic acid groups (broad SMARTS) is 1. The summed E-state index contributed by atoms with van der Waals surface area (Å²) in [5, 5.41) is 13.6. The van der Waals surface area contributed by atoms with Crippen LogP contribution in [0.25, 0.3) is 5.69 Å². The van der Waals surface area contributed by atoms with Gasteiger partial charge in [0.15, 0.2) is 0 Å². The van der Waals surface area contributed by atoms with Gasteiger partial charge in [-0.15, -0.1) is 0 Å². The lowest BCUT2D eigenvalue weighted by Crippen LogP contribution is -2.20. The maximum atomic E-state index is 13.2. The lowest BCUT2D eigenvalue weighted by Gasteiger charge is -2.06. The number of aliphatic carboxylic acids is 1. The molecule has 1 aromatic heterocycles. The fourth-order valence-electron chi connectivity index (χ4n) is 2.28. The van der Waals surface area contributed by atoms with Crippen LogP contribution in [0.2, 0.25) is 0 Å². The molecule has 0 bridgehead atoms. The molecule has 1 N–H and O–H groups in total. The number of benzene rings is 1. The van der Waals surface area contributed by atoms with Gasteiger partial charge in [-0.2, -0.15) is 5.10 Å². The summed E-state index contributed by atoms with van der Waals surface area (Å²) in [6, 6.07) is 7.86. The molecular formula is C14H13FN2O2. The molecule has 19 heavy (non-hydrogen) atoms. The SMILES string of the molecule is Cc1cc(C2(C(=O)O)CC2)nn1-c1cccc(F)c1. The highest BCUT2D eigenvalue weighted by atomic mass is 19.1. The van der Waals surface area contributed by atoms with E-state index in [1.807, 2.05) is 6.92 Å². The Hall–Kier alpha value is -2.17. The summed E-state index contributed by atoms with van der Waals surface area (Å²) in [5.74, 6) is -1.18. The van der Waals surface area contributed by atoms with Gasteiger partial charge in [-0.25, -0.2) is 9.07 Å². The van der Waals surface area contributed by atoms with E-state index in [1.54, 1.807) is 22.9 Å². The summed E-state index contributed by atoms with van der Waals surface area (Å²) >= 11 is 0. The third kappa shape index (κ3) is 1.82. The number of halogens is 1. The third-order valence-electron chi connectivity index (χ3n) is 3.59. The quantitative estimate of drug-likeness (QED) is 0.922. The molecule has 1 heterocycles. The molecular weight excluding hydrogens is 247 g/mol. The van der Waals surface area contributed by atoms with E-state index in [0.29, 0.717) is 24.2 Å². The van der Waals surface area contributed by atoms with E-state index in [4.69, 9.17) is 0 Å². The van der Waals surface area contributed by atoms with Crippen LogP contribution in [0.1, 0.15) is 24.2 Å². The zero-order chi connectivity index (χ0) is 13.6. The van der Waals surface area contributed by atoms with Gasteiger partial charge in [0.05, 0.1) is 11.4 Å². The molecule has 3 rings (SSSR count). The second-order valence-electron chi connectivity index (χ2n) is 4.95. The molecule has 0 saturated heterocycles. The smallest absolute Gasteiger partial charge is 0.315 e. The van der Waals surface area contributed by atoms with Crippen molar-refractivity contribution >= 4 is 5.97 Å². The van der Waals surface area contributed by atoms with Crippen molar-refractivity contribution in [3.8, 4) is 5.69 Å². The van der Waals surface area contributed by atoms with E-state index in [9.17, 15) is 14.3 Å². The number of carboxylic acids is 1. The molecule has 4 nitrogen and oxygen atoms in total. The Morgan fingerprint density at radius 3 is 2.74 bits per heavy atom. The van der Waals surface area contributed by atoms with Gasteiger partial charge in [0.1, 0.15) is 11.2 Å². The fourth-order valence-corrected chi connectivity index (χ4v) is 2.28. The normalized spacial score (nSPS) is 16.3. The molecule has 0 spiro atoms. The summed E-state index contributed by atoms with van der Waals surface area (Å²) in [6.07, 6.45) is 1.23. The molecule has 1 saturated carbocycles. The number of aromatic nitrogens is 2. The number of carbonyl (C=O) groups is 1. The molecule has 0 amide bonds. The summed E-state index contributed by atoms with van der Waals surface area (Å²) in [7, 11) is 0. The number of nitrogens with zero attached hydrogens (tertiary/aromatic N) is 2. The average molecular weight is 260 g/mol. The van der Waals surface area contributed by atoms with Crippen LogP contribution in [0.15, 0.2) is 30.3 Å². The van der Waals surface area contributed by atoms with Crippen molar-refractivity contribution in [2.24, 2.45) is 0 Å². The van der Waals surface area contributed by atoms with E-state index in [2.05, 4.69) is 5.10 Å². The molecule has 0 aliphatic heterocycles. The lowest BCUT2D eigenvalue weighted by molar-refractivity contribution is -0.140. The second kappa shape index (κ2) is 3.91. The Kier molecular flexibility index (Phi) is 2.45. The Morgan fingerprint density at radius 2 is 2.16 bits per heavy atom. The first-order valence-electron chi connectivity index (χ1n) is 6.09. The Bertz CT molecular complexity index is 659. The summed E-state index contributed by atoms with van der Waals surface area (Å²) in [4.78, 5) is 11.3. The third-order valence-corrected chi connectivity index (χ3v) is 3.59. The van der Waals surface area contributed by atoms with Crippen LogP contribution in [0, 0.1) is 12.7 Å². The first-order chi connectivity index (χ1) is 9.03. The molecule has 0 radical (unpaired) electrons. The van der Waals surface area contributed by atoms with Gasteiger partial charge >= 0.3 is 5.97 Å². The van der Waals surface area contributed by atoms with Crippen LogP contribution in [-0.4, -0.2) is 20.9 Å². The predicted octanol–water partition coefficient (Wildman–Crippen LogP) is 2.44. The number of rotatable bonds is 3. The fraction of sp³-hybridized carbons (Fsp3) is 0.286. The Morgan fingerprint density at radius 1 is 1.42 bits per heavy atom. The number of hydrogen-bond donors (Lipinski definition) is 1. The monoisotopic (exact) mass is 260 g/mol. The molecule has 1 aliphatic carbocycles. The first kappa shape index (κ1) is 11.9. The first-order valence-corrected chi connectivity index (χ1v) is 6.09. The summed E-state index contributed by atoms with van der Waals surface area (Å²) in [5.41, 5.74) is 1.13. The van der Waals surface area contributed by atoms with Crippen molar-refractivity contribution in [3.63, 3.8) is 0 Å². The van der Waals surface area contributed by atoms with Crippen LogP contribution in [0.5, 0.6) is 0 Å². The van der Waals surface area contributed by atoms with Crippen molar-refractivity contribution < 1.29 is 14.3 Å². The second-order valence-corrected chi connectivity index (χ2v) is 4.95. The predicted molar refractivity (Wildman–Crippen MR) is 66.8 cm³/mol. The molecule has 0 atom stereocenters. The van der Waals surface area contributed by atoms with Crippen LogP contribution in [0.4, 0.5) is 4.39 Å². The topological polar surface area (TPSA) is 55.1 Å². The van der Waals surface area contributed by atoms with Crippen LogP contribution in [0.3, 0.4) is 0 Å². The molecule has 5 heteroatoms. The van der Waals surface area contributed by atoms with E-state index in [-0.39, 0.29) is 5.82 Å². The van der Waals surface area contributed by atoms with Gasteiger partial charge in [0.25, 0.3) is 0 Å². The van der Waals surface area contributed by atoms with Crippen molar-refractivity contribution in [3.05, 3.63) is 47.5 Å². The maximum absolute atomic E-state index is 13.2. The van der Waals surface area contributed by atoms with Gasteiger partial charge in [-0.05, 0) is 44.0 Å². The van der Waals surface area contributed by atoms with Gasteiger partial charge in [0.2, 0.25) is 0 Å². The van der Waals surface area contributed by atoms with Crippen molar-refractivity contribution in [1.82, 2.24) is 9.78 Å². The minimum atomic E-state index is -0.837. The van der Waals surface area contributed by atoms with Gasteiger partial charge in [-0.1, -0.05) is 6.07 Å². The van der Waals surface area contributed by atoms with E-state index in [0.717, 1.165) is 5.69 Å². The van der Waals surface area contributed by atoms with Gasteiger partial charge < -0.3 is 5.11 Å². The minimum absolute atomic E-state index is 0.340. The molecule has 1 fully saturated rings. The Balaban J connectivity index is 2.06. The van der Waals surface area contributed by atoms with Gasteiger partial charge in [-0.3, -0.25) is 4.79 Å². The van der Waals surface area contributed by atoms with E-state index >= 15 is 0 Å². The largest absolute Gasteiger partial charge is 0.481 e. The van der Waals surface area contributed by atoms with Crippen LogP contribution < -0.4 is 0 Å². The van der Waals surface area contributed by atoms with Crippen molar-refractivity contribution in [2.45, 2.75) is 25.2 Å². The highest BCUT2D eigenvalue weighted by Crippen LogP contribution is 2.48. The zero-order valence-electron chi connectivity index (χ0n) is 10.4. The van der Waals surface area contributed by atoms with E-state index in [1.165, 1.54) is 12.1 Å². The van der Waals surface area contributed by atoms with Crippen LogP contribution in [-0.2, 0) is 10.2 Å². The zero-order valence-corrected chi connectivity index (χ0v) is 10.4. The maximum Gasteiger partial charge on any atom is 0.315 e. The summed E-state index contributed by atoms with van der Waals surface area (Å²) < 4.78 is 14.8. The van der Waals surface area contributed by atoms with Crippen molar-refractivity contribution in [1.29, 1.82) is 0 Å². The molecule has 2 aromatic rings. The molecule has 1 aromatic carbocycles. The Labute approximate surface area is 109 Å². The van der Waals surface area contributed by atoms with Gasteiger partial charge in [0, 0.05) is 5.69 Å². The number of aryl methyl sites for hydroxylation is 1. The molecule has 1 aliphatic rings. The lowest BCUT2D eigenvalue weighted by atomic mass is 10.0. The standard InChI is InChI=1S/C14H13FN2O2/c1-9-7-12(14(5-6-14)13(18)19)16-17(9)11-4-2-3-10(15)8-11/h2-4,7-8H,5-6H2,1H3,(H,18,19). The highest BCUT2D eigenvalue weighted by molar-refractivity contribution is 5.84. The average Bonchev–Trinajstić information content (AvgIpc) is 3.08. The van der Waals surface area contributed by atoms with Crippen LogP contribution >= 0.6 is 0 Å². The summed E-state index contributed by atoms with van der Waals surface area (Å²) in [6.45, 7) is 1.83. The number of hydrogen-bond acceptors (Lipinski definition) is 2. The van der Waals surface area contributed by atoms with E-state index < -0.39 is 11.4 Å². The van der Waals surface area contributed by atoms with Crippen molar-refractivity contribution in [2.75, 3.05) is 0 Å². The molecule has 0 unspecified atom stereocenters.